The van der Waals surface area contributed by atoms with E-state index in [4.69, 9.17) is 9.68 Å². The fourth-order valence-corrected chi connectivity index (χ4v) is 3.01. The van der Waals surface area contributed by atoms with Crippen molar-refractivity contribution >= 4 is 11.6 Å². The molecule has 1 aromatic heterocycles. The van der Waals surface area contributed by atoms with Crippen molar-refractivity contribution in [2.75, 3.05) is 31.1 Å². The molecule has 0 radical (unpaired) electrons. The summed E-state index contributed by atoms with van der Waals surface area (Å²) in [6.07, 6.45) is 3.74. The molecule has 1 amide bonds. The highest BCUT2D eigenvalue weighted by Crippen LogP contribution is 2.18. The molecule has 3 rings (SSSR count). The Hall–Kier alpha value is -2.74. The van der Waals surface area contributed by atoms with Crippen molar-refractivity contribution in [2.45, 2.75) is 19.3 Å². The number of nitrogens with zero attached hydrogens (tertiary/aromatic N) is 3. The second-order valence-electron chi connectivity index (χ2n) is 5.96. The summed E-state index contributed by atoms with van der Waals surface area (Å²) >= 11 is 0. The molecule has 2 heterocycles. The zero-order valence-corrected chi connectivity index (χ0v) is 13.6. The van der Waals surface area contributed by atoms with Crippen LogP contribution in [0.15, 0.2) is 47.1 Å². The van der Waals surface area contributed by atoms with Crippen molar-refractivity contribution in [1.82, 2.24) is 4.90 Å². The van der Waals surface area contributed by atoms with Gasteiger partial charge in [-0.15, -0.1) is 0 Å². The van der Waals surface area contributed by atoms with Crippen LogP contribution in [0.5, 0.6) is 0 Å². The van der Waals surface area contributed by atoms with Crippen LogP contribution < -0.4 is 4.90 Å². The van der Waals surface area contributed by atoms with Gasteiger partial charge < -0.3 is 14.2 Å². The number of hydrogen-bond donors (Lipinski definition) is 0. The molecular weight excluding hydrogens is 302 g/mol. The summed E-state index contributed by atoms with van der Waals surface area (Å²) in [6.45, 7) is 3.27. The van der Waals surface area contributed by atoms with Crippen LogP contribution in [0, 0.1) is 11.3 Å². The highest BCUT2D eigenvalue weighted by Gasteiger charge is 2.19. The second kappa shape index (κ2) is 7.69. The molecule has 0 bridgehead atoms. The van der Waals surface area contributed by atoms with E-state index in [2.05, 4.69) is 11.0 Å². The minimum Gasteiger partial charge on any atom is -0.469 e. The first-order valence-corrected chi connectivity index (χ1v) is 8.31. The highest BCUT2D eigenvalue weighted by molar-refractivity contribution is 5.76. The fourth-order valence-electron chi connectivity index (χ4n) is 3.01. The first-order valence-electron chi connectivity index (χ1n) is 8.31. The normalized spacial score (nSPS) is 15.0. The van der Waals surface area contributed by atoms with Gasteiger partial charge in [0.05, 0.1) is 17.9 Å². The number of aryl methyl sites for hydroxylation is 1. The van der Waals surface area contributed by atoms with Gasteiger partial charge in [-0.3, -0.25) is 4.79 Å². The van der Waals surface area contributed by atoms with Gasteiger partial charge in [-0.2, -0.15) is 5.26 Å². The van der Waals surface area contributed by atoms with E-state index in [-0.39, 0.29) is 5.91 Å². The van der Waals surface area contributed by atoms with Crippen molar-refractivity contribution in [3.8, 4) is 6.07 Å². The van der Waals surface area contributed by atoms with Crippen LogP contribution in [0.4, 0.5) is 5.69 Å². The lowest BCUT2D eigenvalue weighted by Gasteiger charge is -2.23. The summed E-state index contributed by atoms with van der Waals surface area (Å²) in [7, 11) is 0. The molecule has 124 valence electrons. The third kappa shape index (κ3) is 3.96. The van der Waals surface area contributed by atoms with Gasteiger partial charge in [0.1, 0.15) is 5.76 Å². The number of amides is 1. The summed E-state index contributed by atoms with van der Waals surface area (Å²) in [6, 6.07) is 13.5. The quantitative estimate of drug-likeness (QED) is 0.868. The van der Waals surface area contributed by atoms with Crippen molar-refractivity contribution in [3.05, 3.63) is 54.0 Å². The smallest absolute Gasteiger partial charge is 0.223 e. The number of rotatable bonds is 4. The number of hydrogen-bond acceptors (Lipinski definition) is 4. The Morgan fingerprint density at radius 1 is 1.12 bits per heavy atom. The average molecular weight is 323 g/mol. The van der Waals surface area contributed by atoms with Gasteiger partial charge in [0, 0.05) is 44.7 Å². The Balaban J connectivity index is 1.54. The van der Waals surface area contributed by atoms with E-state index in [1.54, 1.807) is 6.26 Å². The first kappa shape index (κ1) is 16.1. The topological polar surface area (TPSA) is 60.5 Å². The minimum atomic E-state index is 0.188. The van der Waals surface area contributed by atoms with Crippen molar-refractivity contribution in [1.29, 1.82) is 5.26 Å². The summed E-state index contributed by atoms with van der Waals surface area (Å²) in [4.78, 5) is 16.6. The Kier molecular flexibility index (Phi) is 5.17. The Morgan fingerprint density at radius 2 is 1.96 bits per heavy atom. The molecule has 1 aromatic carbocycles. The number of anilines is 1. The van der Waals surface area contributed by atoms with Gasteiger partial charge in [0.25, 0.3) is 0 Å². The van der Waals surface area contributed by atoms with E-state index in [0.29, 0.717) is 18.4 Å². The van der Waals surface area contributed by atoms with E-state index in [1.165, 1.54) is 0 Å². The lowest BCUT2D eigenvalue weighted by molar-refractivity contribution is -0.131. The van der Waals surface area contributed by atoms with Crippen molar-refractivity contribution in [3.63, 3.8) is 0 Å². The zero-order valence-electron chi connectivity index (χ0n) is 13.6. The summed E-state index contributed by atoms with van der Waals surface area (Å²) in [5, 5.41) is 8.88. The average Bonchev–Trinajstić information content (AvgIpc) is 3.02. The number of benzene rings is 1. The molecule has 1 aliphatic heterocycles. The standard InChI is InChI=1S/C19H21N3O2/c20-15-16-4-6-17(7-5-16)21-10-2-11-22(13-12-21)19(23)9-8-18-3-1-14-24-18/h1,3-7,14H,2,8-13H2. The van der Waals surface area contributed by atoms with Crippen LogP contribution >= 0.6 is 0 Å². The van der Waals surface area contributed by atoms with Crippen molar-refractivity contribution in [2.24, 2.45) is 0 Å². The van der Waals surface area contributed by atoms with Crippen LogP contribution in [0.3, 0.4) is 0 Å². The SMILES string of the molecule is N#Cc1ccc(N2CCCN(C(=O)CCc3ccco3)CC2)cc1. The molecule has 1 aliphatic rings. The molecule has 0 saturated carbocycles. The van der Waals surface area contributed by atoms with E-state index < -0.39 is 0 Å². The van der Waals surface area contributed by atoms with E-state index >= 15 is 0 Å². The molecule has 0 N–H and O–H groups in total. The van der Waals surface area contributed by atoms with Gasteiger partial charge in [-0.05, 0) is 42.8 Å². The number of furan rings is 1. The van der Waals surface area contributed by atoms with Gasteiger partial charge in [-0.25, -0.2) is 0 Å². The third-order valence-corrected chi connectivity index (χ3v) is 4.38. The van der Waals surface area contributed by atoms with Crippen LogP contribution in [0.2, 0.25) is 0 Å². The molecule has 2 aromatic rings. The van der Waals surface area contributed by atoms with E-state index in [0.717, 1.165) is 44.0 Å². The number of nitriles is 1. The summed E-state index contributed by atoms with van der Waals surface area (Å²) in [5.41, 5.74) is 1.78. The third-order valence-electron chi connectivity index (χ3n) is 4.38. The zero-order chi connectivity index (χ0) is 16.8. The Morgan fingerprint density at radius 3 is 2.67 bits per heavy atom. The molecular formula is C19H21N3O2. The molecule has 1 fully saturated rings. The maximum atomic E-state index is 12.4. The predicted octanol–water partition coefficient (Wildman–Crippen LogP) is 2.82. The predicted molar refractivity (Wildman–Crippen MR) is 91.6 cm³/mol. The van der Waals surface area contributed by atoms with Crippen LogP contribution in [-0.2, 0) is 11.2 Å². The molecule has 0 unspecified atom stereocenters. The highest BCUT2D eigenvalue weighted by atomic mass is 16.3. The Labute approximate surface area is 142 Å². The molecule has 24 heavy (non-hydrogen) atoms. The molecule has 5 nitrogen and oxygen atoms in total. The largest absolute Gasteiger partial charge is 0.469 e. The van der Waals surface area contributed by atoms with Crippen LogP contribution in [0.1, 0.15) is 24.2 Å². The number of carbonyl (C=O) groups is 1. The molecule has 0 atom stereocenters. The van der Waals surface area contributed by atoms with E-state index in [9.17, 15) is 4.79 Å². The maximum absolute atomic E-state index is 12.4. The van der Waals surface area contributed by atoms with Crippen LogP contribution in [0.25, 0.3) is 0 Å². The van der Waals surface area contributed by atoms with Gasteiger partial charge in [0.2, 0.25) is 5.91 Å². The minimum absolute atomic E-state index is 0.188. The summed E-state index contributed by atoms with van der Waals surface area (Å²) < 4.78 is 5.29. The fraction of sp³-hybridized carbons (Fsp3) is 0.368. The lowest BCUT2D eigenvalue weighted by Crippen LogP contribution is -2.35. The maximum Gasteiger partial charge on any atom is 0.223 e. The summed E-state index contributed by atoms with van der Waals surface area (Å²) in [5.74, 6) is 1.05. The second-order valence-corrected chi connectivity index (χ2v) is 5.96. The molecule has 5 heteroatoms. The Bertz CT molecular complexity index is 701. The van der Waals surface area contributed by atoms with Crippen molar-refractivity contribution < 1.29 is 9.21 Å². The first-order chi connectivity index (χ1) is 11.8. The van der Waals surface area contributed by atoms with Gasteiger partial charge >= 0.3 is 0 Å². The van der Waals surface area contributed by atoms with Gasteiger partial charge in [-0.1, -0.05) is 0 Å². The molecule has 0 aliphatic carbocycles. The lowest BCUT2D eigenvalue weighted by atomic mass is 10.2. The monoisotopic (exact) mass is 323 g/mol. The molecule has 0 spiro atoms. The van der Waals surface area contributed by atoms with Crippen LogP contribution in [-0.4, -0.2) is 37.0 Å². The van der Waals surface area contributed by atoms with E-state index in [1.807, 2.05) is 41.3 Å². The van der Waals surface area contributed by atoms with Gasteiger partial charge in [0.15, 0.2) is 0 Å². The molecule has 1 saturated heterocycles. The number of carbonyl (C=O) groups excluding carboxylic acids is 1.